The van der Waals surface area contributed by atoms with Gasteiger partial charge in [-0.05, 0) is 49.9 Å². The van der Waals surface area contributed by atoms with Crippen molar-refractivity contribution in [3.63, 3.8) is 0 Å². The molecule has 0 spiro atoms. The van der Waals surface area contributed by atoms with Gasteiger partial charge in [-0.25, -0.2) is 14.6 Å². The molecule has 0 saturated carbocycles. The molecule has 1 fully saturated rings. The highest BCUT2D eigenvalue weighted by atomic mass is 16.7. The van der Waals surface area contributed by atoms with Crippen LogP contribution in [0.5, 0.6) is 0 Å². The Morgan fingerprint density at radius 3 is 2.43 bits per heavy atom. The fourth-order valence-electron chi connectivity index (χ4n) is 6.26. The molecule has 0 aliphatic carbocycles. The second kappa shape index (κ2) is 11.0. The number of nitrogens with zero attached hydrogens (tertiary/aromatic N) is 3. The smallest absolute Gasteiger partial charge is 0.355 e. The van der Waals surface area contributed by atoms with Gasteiger partial charge in [-0.15, -0.1) is 5.06 Å². The Hall–Kier alpha value is -4.87. The highest BCUT2D eigenvalue weighted by Gasteiger charge is 2.50. The summed E-state index contributed by atoms with van der Waals surface area (Å²) >= 11 is 0. The fourth-order valence-corrected chi connectivity index (χ4v) is 6.26. The van der Waals surface area contributed by atoms with Crippen LogP contribution in [0.25, 0.3) is 22.3 Å². The number of ether oxygens (including phenoxy) is 2. The molecule has 1 aromatic carbocycles. The average Bonchev–Trinajstić information content (AvgIpc) is 3.52. The second-order valence-electron chi connectivity index (χ2n) is 11.2. The van der Waals surface area contributed by atoms with Gasteiger partial charge in [0.25, 0.3) is 17.4 Å². The normalized spacial score (nSPS) is 18.6. The molecule has 228 valence electrons. The number of rotatable bonds is 8. The Kier molecular flexibility index (Phi) is 7.30. The zero-order valence-electron chi connectivity index (χ0n) is 24.7. The molecule has 0 bridgehead atoms. The lowest BCUT2D eigenvalue weighted by Crippen LogP contribution is -2.47. The van der Waals surface area contributed by atoms with E-state index in [0.29, 0.717) is 23.0 Å². The molecule has 6 rings (SSSR count). The molecule has 1 saturated heterocycles. The van der Waals surface area contributed by atoms with Gasteiger partial charge in [0.15, 0.2) is 0 Å². The number of imide groups is 1. The van der Waals surface area contributed by atoms with Gasteiger partial charge in [-0.1, -0.05) is 25.5 Å². The third kappa shape index (κ3) is 4.65. The molecule has 12 heteroatoms. The van der Waals surface area contributed by atoms with Crippen LogP contribution in [0.1, 0.15) is 80.2 Å². The quantitative estimate of drug-likeness (QED) is 0.217. The Balaban J connectivity index is 1.29. The van der Waals surface area contributed by atoms with Crippen LogP contribution in [0.4, 0.5) is 0 Å². The van der Waals surface area contributed by atoms with E-state index >= 15 is 0 Å². The van der Waals surface area contributed by atoms with Crippen LogP contribution in [0.2, 0.25) is 0 Å². The maximum atomic E-state index is 13.9. The summed E-state index contributed by atoms with van der Waals surface area (Å²) in [7, 11) is 0. The molecule has 0 radical (unpaired) electrons. The topological polar surface area (TPSA) is 151 Å². The molecule has 1 atom stereocenters. The minimum absolute atomic E-state index is 0.00614. The first-order chi connectivity index (χ1) is 21.1. The number of benzene rings is 1. The van der Waals surface area contributed by atoms with Crippen molar-refractivity contribution in [3.05, 3.63) is 62.4 Å². The summed E-state index contributed by atoms with van der Waals surface area (Å²) in [6, 6.07) is 7.75. The third-order valence-electron chi connectivity index (χ3n) is 8.53. The van der Waals surface area contributed by atoms with Crippen molar-refractivity contribution in [2.75, 3.05) is 0 Å². The number of carbonyl (C=O) groups excluding carboxylic acids is 5. The molecule has 0 N–H and O–H groups in total. The Labute approximate surface area is 251 Å². The first kappa shape index (κ1) is 29.2. The van der Waals surface area contributed by atoms with E-state index in [1.807, 2.05) is 19.1 Å². The maximum Gasteiger partial charge on any atom is 0.355 e. The van der Waals surface area contributed by atoms with Gasteiger partial charge in [0.2, 0.25) is 5.60 Å². The van der Waals surface area contributed by atoms with Crippen molar-refractivity contribution in [1.29, 1.82) is 0 Å². The van der Waals surface area contributed by atoms with Crippen LogP contribution in [0.15, 0.2) is 29.1 Å². The molecule has 5 heterocycles. The minimum atomic E-state index is -1.86. The lowest BCUT2D eigenvalue weighted by molar-refractivity contribution is -0.197. The van der Waals surface area contributed by atoms with E-state index in [1.165, 1.54) is 0 Å². The Bertz CT molecular complexity index is 1830. The lowest BCUT2D eigenvalue weighted by Gasteiger charge is -2.35. The largest absolute Gasteiger partial charge is 0.457 e. The van der Waals surface area contributed by atoms with Crippen molar-refractivity contribution >= 4 is 40.6 Å². The molecule has 3 aliphatic heterocycles. The van der Waals surface area contributed by atoms with Crippen LogP contribution in [-0.4, -0.2) is 44.3 Å². The first-order valence-electron chi connectivity index (χ1n) is 14.7. The van der Waals surface area contributed by atoms with Gasteiger partial charge < -0.3 is 18.9 Å². The van der Waals surface area contributed by atoms with Gasteiger partial charge in [0, 0.05) is 42.2 Å². The molecule has 44 heavy (non-hydrogen) atoms. The number of esters is 2. The van der Waals surface area contributed by atoms with Gasteiger partial charge in [0.05, 0.1) is 29.0 Å². The van der Waals surface area contributed by atoms with E-state index in [-0.39, 0.29) is 61.8 Å². The van der Waals surface area contributed by atoms with E-state index < -0.39 is 35.3 Å². The van der Waals surface area contributed by atoms with Crippen LogP contribution in [0.3, 0.4) is 0 Å². The van der Waals surface area contributed by atoms with Crippen molar-refractivity contribution in [3.8, 4) is 11.4 Å². The number of pyridine rings is 2. The number of cyclic esters (lactones) is 1. The van der Waals surface area contributed by atoms with Gasteiger partial charge in [-0.3, -0.25) is 19.2 Å². The van der Waals surface area contributed by atoms with Gasteiger partial charge in [0.1, 0.15) is 6.61 Å². The summed E-state index contributed by atoms with van der Waals surface area (Å²) < 4.78 is 12.8. The predicted octanol–water partition coefficient (Wildman–Crippen LogP) is 3.28. The number of hydrogen-bond acceptors (Lipinski definition) is 10. The molecular weight excluding hydrogens is 570 g/mol. The molecule has 3 aliphatic rings. The zero-order chi connectivity index (χ0) is 31.3. The third-order valence-corrected chi connectivity index (χ3v) is 8.53. The zero-order valence-corrected chi connectivity index (χ0v) is 24.7. The fraction of sp³-hybridized carbons (Fsp3) is 0.406. The predicted molar refractivity (Wildman–Crippen MR) is 154 cm³/mol. The summed E-state index contributed by atoms with van der Waals surface area (Å²) in [5, 5.41) is 1.48. The number of fused-ring (bicyclic) bond motifs is 5. The second-order valence-corrected chi connectivity index (χ2v) is 11.2. The highest BCUT2D eigenvalue weighted by molar-refractivity contribution is 6.01. The summed E-state index contributed by atoms with van der Waals surface area (Å²) in [6.45, 7) is 5.82. The minimum Gasteiger partial charge on any atom is -0.457 e. The van der Waals surface area contributed by atoms with E-state index in [9.17, 15) is 28.8 Å². The van der Waals surface area contributed by atoms with Crippen LogP contribution >= 0.6 is 0 Å². The van der Waals surface area contributed by atoms with E-state index in [4.69, 9.17) is 19.3 Å². The van der Waals surface area contributed by atoms with E-state index in [1.54, 1.807) is 17.6 Å². The number of aryl methyl sites for hydroxylation is 2. The number of carbonyl (C=O) groups is 5. The van der Waals surface area contributed by atoms with Crippen LogP contribution in [0, 0.1) is 6.92 Å². The summed E-state index contributed by atoms with van der Waals surface area (Å²) in [4.78, 5) is 85.4. The number of aromatic nitrogens is 2. The summed E-state index contributed by atoms with van der Waals surface area (Å²) in [6.07, 6.45) is 0.138. The number of hydroxylamine groups is 2. The first-order valence-corrected chi connectivity index (χ1v) is 14.7. The maximum absolute atomic E-state index is 13.9. The molecular formula is C32H31N3O9. The van der Waals surface area contributed by atoms with Crippen LogP contribution in [-0.2, 0) is 63.5 Å². The van der Waals surface area contributed by atoms with Gasteiger partial charge in [-0.2, -0.15) is 0 Å². The molecule has 0 unspecified atom stereocenters. The van der Waals surface area contributed by atoms with Crippen molar-refractivity contribution < 1.29 is 38.3 Å². The van der Waals surface area contributed by atoms with Crippen molar-refractivity contribution in [2.45, 2.75) is 84.5 Å². The SMILES string of the molecule is CCc1c2c(nc3ccc(C)cc13)-c1cc3c(c(=O)n1C2)COC(=O)[C@@]3(CC)OC(=O)CCCC(=O)ON1C(=O)CCC1=O. The lowest BCUT2D eigenvalue weighted by atomic mass is 9.85. The van der Waals surface area contributed by atoms with E-state index in [2.05, 4.69) is 13.0 Å². The molecule has 2 amide bonds. The summed E-state index contributed by atoms with van der Waals surface area (Å²) in [5.41, 5.74) is 3.45. The van der Waals surface area contributed by atoms with E-state index in [0.717, 1.165) is 34.0 Å². The molecule has 2 aromatic heterocycles. The number of amides is 2. The van der Waals surface area contributed by atoms with Crippen molar-refractivity contribution in [1.82, 2.24) is 14.6 Å². The monoisotopic (exact) mass is 601 g/mol. The average molecular weight is 602 g/mol. The Morgan fingerprint density at radius 2 is 1.73 bits per heavy atom. The summed E-state index contributed by atoms with van der Waals surface area (Å²) in [5.74, 6) is -3.62. The van der Waals surface area contributed by atoms with Gasteiger partial charge >= 0.3 is 17.9 Å². The molecule has 3 aromatic rings. The van der Waals surface area contributed by atoms with Crippen LogP contribution < -0.4 is 5.56 Å². The highest BCUT2D eigenvalue weighted by Crippen LogP contribution is 2.42. The molecule has 12 nitrogen and oxygen atoms in total. The Morgan fingerprint density at radius 1 is 1.00 bits per heavy atom. The number of hydrogen-bond donors (Lipinski definition) is 0. The standard InChI is InChI=1S/C32H31N3O9/c1-4-18-19-13-17(3)9-10-23(19)33-29-20(18)15-34-24(29)14-22-21(30(34)40)16-42-31(41)32(22,5-2)43-27(38)7-6-8-28(39)44-35-25(36)11-12-26(35)37/h9-10,13-14H,4-8,11-12,15-16H2,1-3H3/t32-/m0/s1. The van der Waals surface area contributed by atoms with Crippen molar-refractivity contribution in [2.24, 2.45) is 0 Å².